The number of carbonyl (C=O) groups is 3. The van der Waals surface area contributed by atoms with Gasteiger partial charge in [0.1, 0.15) is 23.7 Å². The van der Waals surface area contributed by atoms with Gasteiger partial charge in [0.15, 0.2) is 0 Å². The number of carbonyl (C=O) groups excluding carboxylic acids is 3. The van der Waals surface area contributed by atoms with Crippen LogP contribution in [0.15, 0.2) is 18.2 Å². The van der Waals surface area contributed by atoms with E-state index in [4.69, 9.17) is 0 Å². The molecule has 1 aromatic carbocycles. The van der Waals surface area contributed by atoms with E-state index in [0.29, 0.717) is 24.9 Å². The van der Waals surface area contributed by atoms with Gasteiger partial charge in [0.25, 0.3) is 0 Å². The smallest absolute Gasteiger partial charge is 0.243 e. The van der Waals surface area contributed by atoms with Crippen molar-refractivity contribution in [3.63, 3.8) is 0 Å². The maximum Gasteiger partial charge on any atom is 0.243 e. The summed E-state index contributed by atoms with van der Waals surface area (Å²) in [6.07, 6.45) is 1.25. The molecule has 168 valence electrons. The van der Waals surface area contributed by atoms with Crippen molar-refractivity contribution in [2.24, 2.45) is 11.8 Å². The van der Waals surface area contributed by atoms with Gasteiger partial charge >= 0.3 is 0 Å². The summed E-state index contributed by atoms with van der Waals surface area (Å²) in [7, 11) is 0. The van der Waals surface area contributed by atoms with E-state index in [9.17, 15) is 28.4 Å². The molecule has 1 fully saturated rings. The van der Waals surface area contributed by atoms with Gasteiger partial charge < -0.3 is 16.0 Å². The Balaban J connectivity index is 1.94. The van der Waals surface area contributed by atoms with Gasteiger partial charge in [-0.1, -0.05) is 13.8 Å². The van der Waals surface area contributed by atoms with Gasteiger partial charge in [-0.05, 0) is 49.3 Å². The highest BCUT2D eigenvalue weighted by atomic mass is 19.1. The fraction of sp³-hybridized carbons (Fsp3) is 0.545. The predicted octanol–water partition coefficient (Wildman–Crippen LogP) is 1.96. The SMILES string of the molecule is CC(C)C[C@H](NC(=O)CCc1cc(F)cc(F)c1)C(=O)N[C@H](C#N)C[C@@H]1CCNC1=O. The molecular formula is C22H28F2N4O3. The Labute approximate surface area is 180 Å². The fourth-order valence-corrected chi connectivity index (χ4v) is 3.55. The van der Waals surface area contributed by atoms with Crippen LogP contribution in [-0.4, -0.2) is 36.3 Å². The summed E-state index contributed by atoms with van der Waals surface area (Å²) >= 11 is 0. The number of hydrogen-bond donors (Lipinski definition) is 3. The van der Waals surface area contributed by atoms with E-state index in [1.807, 2.05) is 19.9 Å². The second-order valence-electron chi connectivity index (χ2n) is 8.23. The van der Waals surface area contributed by atoms with Crippen molar-refractivity contribution in [1.29, 1.82) is 5.26 Å². The molecule has 1 heterocycles. The first-order chi connectivity index (χ1) is 14.7. The molecule has 0 spiro atoms. The number of halogens is 2. The van der Waals surface area contributed by atoms with Crippen LogP contribution in [0.25, 0.3) is 0 Å². The third-order valence-corrected chi connectivity index (χ3v) is 5.08. The Morgan fingerprint density at radius 1 is 1.23 bits per heavy atom. The minimum absolute atomic E-state index is 0.0469. The third-order valence-electron chi connectivity index (χ3n) is 5.08. The molecule has 7 nitrogen and oxygen atoms in total. The molecule has 1 aliphatic rings. The summed E-state index contributed by atoms with van der Waals surface area (Å²) in [6, 6.07) is 3.38. The number of benzene rings is 1. The molecule has 3 N–H and O–H groups in total. The van der Waals surface area contributed by atoms with Crippen molar-refractivity contribution in [3.8, 4) is 6.07 Å². The molecule has 1 saturated heterocycles. The third kappa shape index (κ3) is 7.96. The molecule has 1 aliphatic heterocycles. The number of nitrogens with zero attached hydrogens (tertiary/aromatic N) is 1. The lowest BCUT2D eigenvalue weighted by Crippen LogP contribution is -2.50. The minimum atomic E-state index is -0.856. The van der Waals surface area contributed by atoms with Crippen molar-refractivity contribution in [3.05, 3.63) is 35.4 Å². The molecule has 9 heteroatoms. The first-order valence-corrected chi connectivity index (χ1v) is 10.4. The standard InChI is InChI=1S/C22H28F2N4O3/c1-13(2)7-19(22(31)27-18(12-25)10-15-5-6-26-21(15)30)28-20(29)4-3-14-8-16(23)11-17(24)9-14/h8-9,11,13,15,18-19H,3-7,10H2,1-2H3,(H,26,30)(H,27,31)(H,28,29)/t15-,18-,19-/m0/s1. The number of nitriles is 1. The van der Waals surface area contributed by atoms with Crippen molar-refractivity contribution >= 4 is 17.7 Å². The Hall–Kier alpha value is -3.02. The summed E-state index contributed by atoms with van der Waals surface area (Å²) in [5.74, 6) is -2.73. The average molecular weight is 434 g/mol. The molecule has 3 amide bonds. The first kappa shape index (κ1) is 24.3. The number of aryl methyl sites for hydroxylation is 1. The van der Waals surface area contributed by atoms with Crippen molar-refractivity contribution in [1.82, 2.24) is 16.0 Å². The predicted molar refractivity (Wildman–Crippen MR) is 109 cm³/mol. The monoisotopic (exact) mass is 434 g/mol. The number of hydrogen-bond acceptors (Lipinski definition) is 4. The van der Waals surface area contributed by atoms with Crippen LogP contribution >= 0.6 is 0 Å². The molecule has 1 aromatic rings. The van der Waals surface area contributed by atoms with Crippen LogP contribution in [-0.2, 0) is 20.8 Å². The molecule has 0 unspecified atom stereocenters. The Morgan fingerprint density at radius 2 is 1.90 bits per heavy atom. The quantitative estimate of drug-likeness (QED) is 0.523. The van der Waals surface area contributed by atoms with Gasteiger partial charge in [0, 0.05) is 24.9 Å². The van der Waals surface area contributed by atoms with Crippen molar-refractivity contribution in [2.45, 2.75) is 58.0 Å². The number of rotatable bonds is 10. The van der Waals surface area contributed by atoms with E-state index >= 15 is 0 Å². The zero-order valence-corrected chi connectivity index (χ0v) is 17.7. The van der Waals surface area contributed by atoms with Crippen molar-refractivity contribution < 1.29 is 23.2 Å². The Kier molecular flexibility index (Phi) is 8.91. The maximum absolute atomic E-state index is 13.3. The molecule has 0 radical (unpaired) electrons. The largest absolute Gasteiger partial charge is 0.356 e. The normalized spacial score (nSPS) is 17.5. The first-order valence-electron chi connectivity index (χ1n) is 10.4. The lowest BCUT2D eigenvalue weighted by atomic mass is 9.98. The van der Waals surface area contributed by atoms with Crippen molar-refractivity contribution in [2.75, 3.05) is 6.54 Å². The van der Waals surface area contributed by atoms with Gasteiger partial charge in [-0.2, -0.15) is 5.26 Å². The van der Waals surface area contributed by atoms with Crippen LogP contribution in [0.1, 0.15) is 45.1 Å². The summed E-state index contributed by atoms with van der Waals surface area (Å²) in [6.45, 7) is 4.34. The molecule has 0 aromatic heterocycles. The van der Waals surface area contributed by atoms with E-state index < -0.39 is 35.5 Å². The summed E-state index contributed by atoms with van der Waals surface area (Å²) < 4.78 is 26.6. The zero-order valence-electron chi connectivity index (χ0n) is 17.7. The topological polar surface area (TPSA) is 111 Å². The number of nitrogens with one attached hydrogen (secondary N) is 3. The van der Waals surface area contributed by atoms with Gasteiger partial charge in [0.05, 0.1) is 6.07 Å². The summed E-state index contributed by atoms with van der Waals surface area (Å²) in [5, 5.41) is 17.3. The Bertz CT molecular complexity index is 833. The lowest BCUT2D eigenvalue weighted by Gasteiger charge is -2.22. The average Bonchev–Trinajstić information content (AvgIpc) is 3.08. The van der Waals surface area contributed by atoms with Gasteiger partial charge in [-0.25, -0.2) is 8.78 Å². The molecule has 2 rings (SSSR count). The van der Waals surface area contributed by atoms with E-state index in [1.54, 1.807) is 0 Å². The highest BCUT2D eigenvalue weighted by molar-refractivity contribution is 5.88. The minimum Gasteiger partial charge on any atom is -0.356 e. The lowest BCUT2D eigenvalue weighted by molar-refractivity contribution is -0.129. The van der Waals surface area contributed by atoms with E-state index in [0.717, 1.165) is 18.2 Å². The fourth-order valence-electron chi connectivity index (χ4n) is 3.55. The Morgan fingerprint density at radius 3 is 2.45 bits per heavy atom. The van der Waals surface area contributed by atoms with Crippen LogP contribution in [0.5, 0.6) is 0 Å². The zero-order chi connectivity index (χ0) is 23.0. The second-order valence-corrected chi connectivity index (χ2v) is 8.23. The molecule has 0 bridgehead atoms. The molecule has 0 aliphatic carbocycles. The van der Waals surface area contributed by atoms with E-state index in [-0.39, 0.29) is 37.0 Å². The summed E-state index contributed by atoms with van der Waals surface area (Å²) in [5.41, 5.74) is 0.344. The van der Waals surface area contributed by atoms with E-state index in [1.165, 1.54) is 0 Å². The van der Waals surface area contributed by atoms with E-state index in [2.05, 4.69) is 16.0 Å². The van der Waals surface area contributed by atoms with Gasteiger partial charge in [-0.3, -0.25) is 14.4 Å². The van der Waals surface area contributed by atoms with Crippen LogP contribution in [0.4, 0.5) is 8.78 Å². The number of amides is 3. The highest BCUT2D eigenvalue weighted by Gasteiger charge is 2.30. The molecule has 0 saturated carbocycles. The highest BCUT2D eigenvalue weighted by Crippen LogP contribution is 2.16. The second kappa shape index (κ2) is 11.4. The van der Waals surface area contributed by atoms with Gasteiger partial charge in [0.2, 0.25) is 17.7 Å². The summed E-state index contributed by atoms with van der Waals surface area (Å²) in [4.78, 5) is 36.8. The van der Waals surface area contributed by atoms with Gasteiger partial charge in [-0.15, -0.1) is 0 Å². The van der Waals surface area contributed by atoms with Crippen LogP contribution < -0.4 is 16.0 Å². The molecular weight excluding hydrogens is 406 g/mol. The molecule has 31 heavy (non-hydrogen) atoms. The van der Waals surface area contributed by atoms with Crippen LogP contribution in [0.2, 0.25) is 0 Å². The maximum atomic E-state index is 13.3. The van der Waals surface area contributed by atoms with Crippen LogP contribution in [0.3, 0.4) is 0 Å². The molecule has 3 atom stereocenters. The van der Waals surface area contributed by atoms with Crippen LogP contribution in [0, 0.1) is 34.8 Å².